The molecule has 20 heavy (non-hydrogen) atoms. The van der Waals surface area contributed by atoms with E-state index in [9.17, 15) is 4.79 Å². The van der Waals surface area contributed by atoms with Gasteiger partial charge in [0.15, 0.2) is 0 Å². The molecule has 1 aromatic heterocycles. The number of carbonyl (C=O) groups excluding carboxylic acids is 1. The number of rotatable bonds is 8. The lowest BCUT2D eigenvalue weighted by Crippen LogP contribution is -2.32. The van der Waals surface area contributed by atoms with Gasteiger partial charge in [-0.15, -0.1) is 0 Å². The molecule has 0 unspecified atom stereocenters. The lowest BCUT2D eigenvalue weighted by molar-refractivity contribution is 0.0762. The van der Waals surface area contributed by atoms with Crippen molar-refractivity contribution >= 4 is 11.7 Å². The minimum atomic E-state index is 0.109. The quantitative estimate of drug-likeness (QED) is 0.792. The van der Waals surface area contributed by atoms with Gasteiger partial charge in [0.25, 0.3) is 5.91 Å². The number of amides is 1. The highest BCUT2D eigenvalue weighted by Crippen LogP contribution is 2.14. The van der Waals surface area contributed by atoms with Gasteiger partial charge < -0.3 is 10.2 Å². The maximum Gasteiger partial charge on any atom is 0.254 e. The maximum atomic E-state index is 12.6. The Morgan fingerprint density at radius 3 is 2.55 bits per heavy atom. The van der Waals surface area contributed by atoms with Gasteiger partial charge in [-0.1, -0.05) is 26.7 Å². The molecule has 1 rings (SSSR count). The van der Waals surface area contributed by atoms with E-state index >= 15 is 0 Å². The molecule has 1 heterocycles. The average Bonchev–Trinajstić information content (AvgIpc) is 2.47. The minimum Gasteiger partial charge on any atom is -0.373 e. The predicted octanol–water partition coefficient (Wildman–Crippen LogP) is 3.34. The summed E-state index contributed by atoms with van der Waals surface area (Å²) in [4.78, 5) is 19.0. The Labute approximate surface area is 122 Å². The van der Waals surface area contributed by atoms with Crippen LogP contribution in [0.15, 0.2) is 12.1 Å². The number of nitrogens with one attached hydrogen (secondary N) is 1. The fourth-order valence-corrected chi connectivity index (χ4v) is 2.16. The SMILES string of the molecule is CCCCN(CC)C(=O)c1cc(CCC)nc(NC)c1. The van der Waals surface area contributed by atoms with E-state index in [1.54, 1.807) is 0 Å². The third-order valence-electron chi connectivity index (χ3n) is 3.34. The largest absolute Gasteiger partial charge is 0.373 e. The van der Waals surface area contributed by atoms with Crippen LogP contribution in [0.1, 0.15) is 56.1 Å². The van der Waals surface area contributed by atoms with Crippen LogP contribution in [0, 0.1) is 0 Å². The van der Waals surface area contributed by atoms with Crippen molar-refractivity contribution in [3.63, 3.8) is 0 Å². The van der Waals surface area contributed by atoms with Gasteiger partial charge in [-0.05, 0) is 31.9 Å². The molecule has 0 saturated heterocycles. The van der Waals surface area contributed by atoms with Crippen molar-refractivity contribution in [3.05, 3.63) is 23.4 Å². The van der Waals surface area contributed by atoms with E-state index < -0.39 is 0 Å². The monoisotopic (exact) mass is 277 g/mol. The molecule has 1 amide bonds. The van der Waals surface area contributed by atoms with Crippen LogP contribution in [-0.4, -0.2) is 35.9 Å². The molecular formula is C16H27N3O. The van der Waals surface area contributed by atoms with E-state index in [1.807, 2.05) is 31.0 Å². The fraction of sp³-hybridized carbons (Fsp3) is 0.625. The van der Waals surface area contributed by atoms with Gasteiger partial charge in [0, 0.05) is 31.4 Å². The van der Waals surface area contributed by atoms with Crippen LogP contribution in [0.3, 0.4) is 0 Å². The van der Waals surface area contributed by atoms with Crippen LogP contribution in [0.25, 0.3) is 0 Å². The molecule has 112 valence electrons. The third kappa shape index (κ3) is 4.51. The predicted molar refractivity (Wildman–Crippen MR) is 84.3 cm³/mol. The Kier molecular flexibility index (Phi) is 7.05. The van der Waals surface area contributed by atoms with Crippen molar-refractivity contribution in [1.82, 2.24) is 9.88 Å². The Morgan fingerprint density at radius 1 is 1.25 bits per heavy atom. The van der Waals surface area contributed by atoms with Crippen molar-refractivity contribution < 1.29 is 4.79 Å². The summed E-state index contributed by atoms with van der Waals surface area (Å²) < 4.78 is 0. The number of aromatic nitrogens is 1. The van der Waals surface area contributed by atoms with Gasteiger partial charge >= 0.3 is 0 Å². The number of anilines is 1. The Balaban J connectivity index is 2.97. The zero-order chi connectivity index (χ0) is 15.0. The van der Waals surface area contributed by atoms with E-state index in [2.05, 4.69) is 24.1 Å². The molecule has 0 aliphatic heterocycles. The molecule has 1 aromatic rings. The molecule has 0 radical (unpaired) electrons. The van der Waals surface area contributed by atoms with Gasteiger partial charge in [0.1, 0.15) is 5.82 Å². The summed E-state index contributed by atoms with van der Waals surface area (Å²) in [6, 6.07) is 3.78. The molecule has 0 aliphatic rings. The number of pyridine rings is 1. The summed E-state index contributed by atoms with van der Waals surface area (Å²) in [6.45, 7) is 7.87. The first-order valence-electron chi connectivity index (χ1n) is 7.64. The number of hydrogen-bond donors (Lipinski definition) is 1. The summed E-state index contributed by atoms with van der Waals surface area (Å²) >= 11 is 0. The number of nitrogens with zero attached hydrogens (tertiary/aromatic N) is 2. The summed E-state index contributed by atoms with van der Waals surface area (Å²) in [5.74, 6) is 0.878. The summed E-state index contributed by atoms with van der Waals surface area (Å²) in [5.41, 5.74) is 1.72. The molecule has 0 aliphatic carbocycles. The van der Waals surface area contributed by atoms with Crippen LogP contribution in [0.5, 0.6) is 0 Å². The first-order valence-corrected chi connectivity index (χ1v) is 7.64. The zero-order valence-electron chi connectivity index (χ0n) is 13.2. The van der Waals surface area contributed by atoms with Crippen molar-refractivity contribution in [2.24, 2.45) is 0 Å². The van der Waals surface area contributed by atoms with E-state index in [4.69, 9.17) is 0 Å². The minimum absolute atomic E-state index is 0.109. The molecule has 1 N–H and O–H groups in total. The summed E-state index contributed by atoms with van der Waals surface area (Å²) in [6.07, 6.45) is 4.08. The zero-order valence-corrected chi connectivity index (χ0v) is 13.2. The van der Waals surface area contributed by atoms with Crippen LogP contribution in [0.2, 0.25) is 0 Å². The van der Waals surface area contributed by atoms with E-state index in [0.29, 0.717) is 0 Å². The Bertz CT molecular complexity index is 432. The van der Waals surface area contributed by atoms with Gasteiger partial charge in [0.05, 0.1) is 0 Å². The van der Waals surface area contributed by atoms with Crippen LogP contribution in [0.4, 0.5) is 5.82 Å². The number of hydrogen-bond acceptors (Lipinski definition) is 3. The van der Waals surface area contributed by atoms with Crippen molar-refractivity contribution in [3.8, 4) is 0 Å². The Morgan fingerprint density at radius 2 is 2.00 bits per heavy atom. The third-order valence-corrected chi connectivity index (χ3v) is 3.34. The molecule has 4 nitrogen and oxygen atoms in total. The van der Waals surface area contributed by atoms with Crippen molar-refractivity contribution in [2.75, 3.05) is 25.5 Å². The lowest BCUT2D eigenvalue weighted by Gasteiger charge is -2.21. The standard InChI is InChI=1S/C16H27N3O/c1-5-8-10-19(7-3)16(20)13-11-14(9-6-2)18-15(12-13)17-4/h11-12H,5-10H2,1-4H3,(H,17,18). The highest BCUT2D eigenvalue weighted by atomic mass is 16.2. The van der Waals surface area contributed by atoms with Crippen LogP contribution < -0.4 is 5.32 Å². The fourth-order valence-electron chi connectivity index (χ4n) is 2.16. The normalized spacial score (nSPS) is 10.4. The highest BCUT2D eigenvalue weighted by Gasteiger charge is 2.15. The second kappa shape index (κ2) is 8.56. The maximum absolute atomic E-state index is 12.6. The molecule has 0 aromatic carbocycles. The first-order chi connectivity index (χ1) is 9.65. The topological polar surface area (TPSA) is 45.2 Å². The molecule has 0 atom stereocenters. The molecule has 0 bridgehead atoms. The molecule has 4 heteroatoms. The Hall–Kier alpha value is -1.58. The highest BCUT2D eigenvalue weighted by molar-refractivity contribution is 5.95. The van der Waals surface area contributed by atoms with Gasteiger partial charge in [-0.25, -0.2) is 4.98 Å². The lowest BCUT2D eigenvalue weighted by atomic mass is 10.1. The average molecular weight is 277 g/mol. The van der Waals surface area contributed by atoms with Gasteiger partial charge in [0.2, 0.25) is 0 Å². The van der Waals surface area contributed by atoms with E-state index in [0.717, 1.165) is 55.8 Å². The summed E-state index contributed by atoms with van der Waals surface area (Å²) in [5, 5.41) is 3.04. The van der Waals surface area contributed by atoms with Crippen LogP contribution in [-0.2, 0) is 6.42 Å². The van der Waals surface area contributed by atoms with Crippen molar-refractivity contribution in [2.45, 2.75) is 46.5 Å². The number of unbranched alkanes of at least 4 members (excludes halogenated alkanes) is 1. The van der Waals surface area contributed by atoms with Gasteiger partial charge in [-0.2, -0.15) is 0 Å². The van der Waals surface area contributed by atoms with E-state index in [-0.39, 0.29) is 5.91 Å². The second-order valence-electron chi connectivity index (χ2n) is 4.97. The van der Waals surface area contributed by atoms with Gasteiger partial charge in [-0.3, -0.25) is 4.79 Å². The van der Waals surface area contributed by atoms with Crippen LogP contribution >= 0.6 is 0 Å². The molecular weight excluding hydrogens is 250 g/mol. The number of aryl methyl sites for hydroxylation is 1. The molecule has 0 spiro atoms. The molecule has 0 fully saturated rings. The second-order valence-corrected chi connectivity index (χ2v) is 4.97. The summed E-state index contributed by atoms with van der Waals surface area (Å²) in [7, 11) is 1.83. The van der Waals surface area contributed by atoms with E-state index in [1.165, 1.54) is 0 Å². The van der Waals surface area contributed by atoms with Crippen molar-refractivity contribution in [1.29, 1.82) is 0 Å². The number of carbonyl (C=O) groups is 1. The molecule has 0 saturated carbocycles. The first kappa shape index (κ1) is 16.5. The smallest absolute Gasteiger partial charge is 0.254 e.